The lowest BCUT2D eigenvalue weighted by molar-refractivity contribution is -0.147. The summed E-state index contributed by atoms with van der Waals surface area (Å²) < 4.78 is 0. The van der Waals surface area contributed by atoms with Gasteiger partial charge in [-0.1, -0.05) is 59.6 Å². The van der Waals surface area contributed by atoms with Gasteiger partial charge in [0.25, 0.3) is 0 Å². The van der Waals surface area contributed by atoms with Crippen LogP contribution in [0.2, 0.25) is 0 Å². The third-order valence-corrected chi connectivity index (χ3v) is 11.9. The summed E-state index contributed by atoms with van der Waals surface area (Å²) in [6.07, 6.45) is 15.9. The lowest BCUT2D eigenvalue weighted by Crippen LogP contribution is -2.58. The van der Waals surface area contributed by atoms with Crippen molar-refractivity contribution in [2.45, 2.75) is 106 Å². The Kier molecular flexibility index (Phi) is 4.36. The molecule has 0 radical (unpaired) electrons. The number of carbonyl (C=O) groups excluding carboxylic acids is 1. The molecule has 0 heterocycles. The molecule has 29 heavy (non-hydrogen) atoms. The maximum Gasteiger partial charge on any atom is 0.138 e. The molecule has 162 valence electrons. The predicted molar refractivity (Wildman–Crippen MR) is 120 cm³/mol. The lowest BCUT2D eigenvalue weighted by atomic mass is 9.39. The fourth-order valence-electron chi connectivity index (χ4n) is 10.1. The maximum atomic E-state index is 12.8. The van der Waals surface area contributed by atoms with Crippen LogP contribution >= 0.6 is 0 Å². The Morgan fingerprint density at radius 1 is 0.931 bits per heavy atom. The zero-order valence-corrected chi connectivity index (χ0v) is 19.9. The third kappa shape index (κ3) is 2.43. The fourth-order valence-corrected chi connectivity index (χ4v) is 10.1. The predicted octanol–water partition coefficient (Wildman–Crippen LogP) is 7.60. The molecule has 0 spiro atoms. The van der Waals surface area contributed by atoms with Crippen LogP contribution in [-0.4, -0.2) is 5.78 Å². The molecular formula is C28H44O. The van der Waals surface area contributed by atoms with Crippen LogP contribution in [0.5, 0.6) is 0 Å². The Morgan fingerprint density at radius 2 is 1.69 bits per heavy atom. The van der Waals surface area contributed by atoms with Crippen LogP contribution < -0.4 is 0 Å². The van der Waals surface area contributed by atoms with E-state index < -0.39 is 0 Å². The Hall–Kier alpha value is -0.590. The standard InChI is InChI=1S/C28H44O/c1-18(2)28-14-7-8-22(28)21-10-9-20-19(26(21,5)16-17-28)11-12-23-25(3,4)24(29)13-15-27(20,23)6/h11,18,20-23H,7-10,12-17H2,1-6H3/t20-,21-,22-,23-,26+,27+,28+/m0/s1. The number of fused-ring (bicyclic) bond motifs is 7. The highest BCUT2D eigenvalue weighted by Crippen LogP contribution is 2.71. The van der Waals surface area contributed by atoms with Crippen molar-refractivity contribution in [2.75, 3.05) is 0 Å². The Bertz CT molecular complexity index is 743. The molecule has 0 amide bonds. The van der Waals surface area contributed by atoms with Crippen LogP contribution in [0.3, 0.4) is 0 Å². The van der Waals surface area contributed by atoms with E-state index in [1.807, 2.05) is 5.57 Å². The summed E-state index contributed by atoms with van der Waals surface area (Å²) in [6.45, 7) is 14.8. The highest BCUT2D eigenvalue weighted by molar-refractivity contribution is 5.85. The van der Waals surface area contributed by atoms with Crippen LogP contribution in [-0.2, 0) is 4.79 Å². The molecule has 0 aromatic carbocycles. The van der Waals surface area contributed by atoms with Crippen LogP contribution in [0.25, 0.3) is 0 Å². The molecular weight excluding hydrogens is 352 g/mol. The van der Waals surface area contributed by atoms with E-state index in [-0.39, 0.29) is 5.41 Å². The molecule has 1 heteroatoms. The number of hydrogen-bond donors (Lipinski definition) is 0. The van der Waals surface area contributed by atoms with Crippen LogP contribution in [0, 0.1) is 51.2 Å². The van der Waals surface area contributed by atoms with Gasteiger partial charge in [-0.15, -0.1) is 0 Å². The van der Waals surface area contributed by atoms with Crippen LogP contribution in [0.4, 0.5) is 0 Å². The van der Waals surface area contributed by atoms with E-state index in [0.717, 1.165) is 42.9 Å². The summed E-state index contributed by atoms with van der Waals surface area (Å²) in [5.74, 6) is 4.48. The van der Waals surface area contributed by atoms with Gasteiger partial charge in [0.15, 0.2) is 0 Å². The van der Waals surface area contributed by atoms with E-state index in [9.17, 15) is 4.79 Å². The van der Waals surface area contributed by atoms with Crippen molar-refractivity contribution < 1.29 is 4.79 Å². The van der Waals surface area contributed by atoms with Gasteiger partial charge in [-0.05, 0) is 97.2 Å². The smallest absolute Gasteiger partial charge is 0.138 e. The second-order valence-electron chi connectivity index (χ2n) is 13.1. The van der Waals surface area contributed by atoms with Gasteiger partial charge in [0.1, 0.15) is 5.78 Å². The van der Waals surface area contributed by atoms with Crippen molar-refractivity contribution in [3.63, 3.8) is 0 Å². The minimum absolute atomic E-state index is 0.141. The van der Waals surface area contributed by atoms with Crippen LogP contribution in [0.15, 0.2) is 11.6 Å². The highest BCUT2D eigenvalue weighted by Gasteiger charge is 2.63. The molecule has 1 nitrogen and oxygen atoms in total. The van der Waals surface area contributed by atoms with Gasteiger partial charge in [-0.25, -0.2) is 0 Å². The topological polar surface area (TPSA) is 17.1 Å². The van der Waals surface area contributed by atoms with Crippen molar-refractivity contribution in [1.29, 1.82) is 0 Å². The quantitative estimate of drug-likeness (QED) is 0.417. The summed E-state index contributed by atoms with van der Waals surface area (Å²) >= 11 is 0. The van der Waals surface area contributed by atoms with Crippen molar-refractivity contribution >= 4 is 5.78 Å². The normalized spacial score (nSPS) is 51.0. The van der Waals surface area contributed by atoms with E-state index in [0.29, 0.717) is 27.9 Å². The zero-order chi connectivity index (χ0) is 20.8. The Labute approximate surface area is 179 Å². The highest BCUT2D eigenvalue weighted by atomic mass is 16.1. The molecule has 5 aliphatic carbocycles. The van der Waals surface area contributed by atoms with Gasteiger partial charge in [-0.3, -0.25) is 4.79 Å². The minimum atomic E-state index is -0.141. The Balaban J connectivity index is 1.53. The van der Waals surface area contributed by atoms with E-state index in [2.05, 4.69) is 47.6 Å². The first-order valence-electron chi connectivity index (χ1n) is 12.8. The summed E-state index contributed by atoms with van der Waals surface area (Å²) in [5.41, 5.74) is 3.10. The van der Waals surface area contributed by atoms with Gasteiger partial charge in [0.05, 0.1) is 0 Å². The molecule has 0 aromatic rings. The van der Waals surface area contributed by atoms with Crippen LogP contribution in [0.1, 0.15) is 106 Å². The average Bonchev–Trinajstić information content (AvgIpc) is 3.10. The number of hydrogen-bond acceptors (Lipinski definition) is 1. The second kappa shape index (κ2) is 6.23. The summed E-state index contributed by atoms with van der Waals surface area (Å²) in [4.78, 5) is 12.8. The summed E-state index contributed by atoms with van der Waals surface area (Å²) in [5, 5.41) is 0. The van der Waals surface area contributed by atoms with Crippen molar-refractivity contribution in [3.8, 4) is 0 Å². The molecule has 5 aliphatic rings. The SMILES string of the molecule is CC(C)[C@]12CCC[C@H]1[C@@H]1CC[C@H]3C(=CC[C@H]4C(C)(C)C(=O)CC[C@]34C)[C@@]1(C)CC2. The molecule has 0 aromatic heterocycles. The van der Waals surface area contributed by atoms with Gasteiger partial charge >= 0.3 is 0 Å². The van der Waals surface area contributed by atoms with E-state index in [4.69, 9.17) is 0 Å². The number of Topliss-reactive ketones (excluding diaryl/α,β-unsaturated/α-hetero) is 1. The number of allylic oxidation sites excluding steroid dienone is 2. The molecule has 7 atom stereocenters. The van der Waals surface area contributed by atoms with E-state index >= 15 is 0 Å². The van der Waals surface area contributed by atoms with Gasteiger partial charge in [0.2, 0.25) is 0 Å². The monoisotopic (exact) mass is 396 g/mol. The van der Waals surface area contributed by atoms with Crippen molar-refractivity contribution in [3.05, 3.63) is 11.6 Å². The Morgan fingerprint density at radius 3 is 2.41 bits per heavy atom. The third-order valence-electron chi connectivity index (χ3n) is 11.9. The van der Waals surface area contributed by atoms with Gasteiger partial charge in [-0.2, -0.15) is 0 Å². The number of ketones is 1. The zero-order valence-electron chi connectivity index (χ0n) is 19.9. The molecule has 4 fully saturated rings. The molecule has 0 bridgehead atoms. The first-order chi connectivity index (χ1) is 13.6. The molecule has 0 aliphatic heterocycles. The number of carbonyl (C=O) groups is 1. The molecule has 0 saturated heterocycles. The maximum absolute atomic E-state index is 12.8. The van der Waals surface area contributed by atoms with Crippen molar-refractivity contribution in [2.24, 2.45) is 51.2 Å². The van der Waals surface area contributed by atoms with E-state index in [1.54, 1.807) is 0 Å². The molecule has 4 saturated carbocycles. The molecule has 0 unspecified atom stereocenters. The number of rotatable bonds is 1. The fraction of sp³-hybridized carbons (Fsp3) is 0.893. The van der Waals surface area contributed by atoms with Gasteiger partial charge < -0.3 is 0 Å². The first kappa shape index (κ1) is 20.3. The second-order valence-corrected chi connectivity index (χ2v) is 13.1. The average molecular weight is 397 g/mol. The minimum Gasteiger partial charge on any atom is -0.299 e. The largest absolute Gasteiger partial charge is 0.299 e. The molecule has 0 N–H and O–H groups in total. The summed E-state index contributed by atoms with van der Waals surface area (Å²) in [7, 11) is 0. The lowest BCUT2D eigenvalue weighted by Gasteiger charge is -2.65. The first-order valence-corrected chi connectivity index (χ1v) is 12.8. The van der Waals surface area contributed by atoms with Crippen molar-refractivity contribution in [1.82, 2.24) is 0 Å². The van der Waals surface area contributed by atoms with Gasteiger partial charge in [0, 0.05) is 11.8 Å². The van der Waals surface area contributed by atoms with E-state index in [1.165, 1.54) is 44.9 Å². The molecule has 5 rings (SSSR count). The summed E-state index contributed by atoms with van der Waals surface area (Å²) in [6, 6.07) is 0.